The summed E-state index contributed by atoms with van der Waals surface area (Å²) in [5.41, 5.74) is 0. The Morgan fingerprint density at radius 3 is 1.20 bits per heavy atom. The first-order valence-corrected chi connectivity index (χ1v) is 1.60. The molecule has 0 spiro atoms. The first-order chi connectivity index (χ1) is 1.41. The Morgan fingerprint density at radius 1 is 1.20 bits per heavy atom. The number of alkyl halides is 2. The molecule has 0 amide bonds. The maximum absolute atomic E-state index is 4.76. The standard InChI is InChI=1S/CH2Cl2.B.BrH/c2-1-3;;/h1H2;;1H. The summed E-state index contributed by atoms with van der Waals surface area (Å²) in [5.74, 6) is 0. The van der Waals surface area contributed by atoms with Gasteiger partial charge in [-0.25, -0.2) is 0 Å². The van der Waals surface area contributed by atoms with Gasteiger partial charge in [-0.1, -0.05) is 0 Å². The number of hydrogen-bond donors (Lipinski definition) is 0. The molecular weight excluding hydrogens is 174 g/mol. The predicted molar refractivity (Wildman–Crippen MR) is 32.6 cm³/mol. The van der Waals surface area contributed by atoms with Gasteiger partial charge in [0.1, 0.15) is 0 Å². The summed E-state index contributed by atoms with van der Waals surface area (Å²) in [6.07, 6.45) is 0. The van der Waals surface area contributed by atoms with Crippen LogP contribution in [0.3, 0.4) is 0 Å². The SMILES string of the molecule is Br.ClCCl.[B]. The van der Waals surface area contributed by atoms with Gasteiger partial charge < -0.3 is 0 Å². The summed E-state index contributed by atoms with van der Waals surface area (Å²) >= 11 is 9.53. The van der Waals surface area contributed by atoms with Crippen molar-refractivity contribution in [2.24, 2.45) is 0 Å². The maximum Gasteiger partial charge on any atom is 0.0967 e. The van der Waals surface area contributed by atoms with Crippen molar-refractivity contribution < 1.29 is 0 Å². The molecule has 0 nitrogen and oxygen atoms in total. The van der Waals surface area contributed by atoms with Crippen LogP contribution in [0, 0.1) is 0 Å². The average Bonchev–Trinajstić information content (AvgIpc) is 0.918. The van der Waals surface area contributed by atoms with Crippen LogP contribution in [0.2, 0.25) is 0 Å². The van der Waals surface area contributed by atoms with Crippen LogP contribution in [0.1, 0.15) is 0 Å². The van der Waals surface area contributed by atoms with E-state index >= 15 is 0 Å². The number of rotatable bonds is 0. The largest absolute Gasteiger partial charge is 0.114 e. The lowest BCUT2D eigenvalue weighted by molar-refractivity contribution is 2.20. The van der Waals surface area contributed by atoms with E-state index in [1.165, 1.54) is 0 Å². The fourth-order valence-electron chi connectivity index (χ4n) is 0. The van der Waals surface area contributed by atoms with Gasteiger partial charge in [0.15, 0.2) is 0 Å². The molecule has 0 unspecified atom stereocenters. The minimum atomic E-state index is 0. The lowest BCUT2D eigenvalue weighted by atomic mass is 10.8. The third-order valence-electron chi connectivity index (χ3n) is 0. The molecule has 0 aromatic rings. The van der Waals surface area contributed by atoms with E-state index in [1.54, 1.807) is 0 Å². The second-order valence-corrected chi connectivity index (χ2v) is 0.909. The summed E-state index contributed by atoms with van der Waals surface area (Å²) in [5, 5.41) is 0.194. The summed E-state index contributed by atoms with van der Waals surface area (Å²) in [6.45, 7) is 0. The highest BCUT2D eigenvalue weighted by Gasteiger charge is 1.41. The topological polar surface area (TPSA) is 0 Å². The second kappa shape index (κ2) is 19.3. The average molecular weight is 177 g/mol. The lowest BCUT2D eigenvalue weighted by Gasteiger charge is -1.42. The molecule has 0 saturated carbocycles. The Kier molecular flexibility index (Phi) is 63.6. The molecule has 0 atom stereocenters. The number of halogens is 3. The molecule has 0 aliphatic heterocycles. The van der Waals surface area contributed by atoms with Crippen LogP contribution < -0.4 is 0 Å². The van der Waals surface area contributed by atoms with E-state index < -0.39 is 0 Å². The van der Waals surface area contributed by atoms with Crippen LogP contribution in [0.15, 0.2) is 0 Å². The van der Waals surface area contributed by atoms with Crippen LogP contribution in [-0.2, 0) is 0 Å². The van der Waals surface area contributed by atoms with E-state index in [9.17, 15) is 0 Å². The molecule has 0 N–H and O–H groups in total. The van der Waals surface area contributed by atoms with Gasteiger partial charge in [0, 0.05) is 8.41 Å². The minimum Gasteiger partial charge on any atom is -0.114 e. The van der Waals surface area contributed by atoms with Crippen LogP contribution >= 0.6 is 40.2 Å². The van der Waals surface area contributed by atoms with E-state index in [2.05, 4.69) is 0 Å². The molecule has 31 valence electrons. The smallest absolute Gasteiger partial charge is 0.0967 e. The van der Waals surface area contributed by atoms with E-state index in [0.717, 1.165) is 0 Å². The van der Waals surface area contributed by atoms with E-state index in [-0.39, 0.29) is 30.7 Å². The van der Waals surface area contributed by atoms with Gasteiger partial charge in [-0.05, 0) is 0 Å². The molecule has 0 bridgehead atoms. The van der Waals surface area contributed by atoms with E-state index in [1.807, 2.05) is 0 Å². The molecule has 4 heteroatoms. The molecule has 0 heterocycles. The van der Waals surface area contributed by atoms with Gasteiger partial charge in [0.25, 0.3) is 0 Å². The van der Waals surface area contributed by atoms with Crippen molar-refractivity contribution in [1.29, 1.82) is 0 Å². The van der Waals surface area contributed by atoms with Crippen molar-refractivity contribution >= 4 is 48.6 Å². The normalized spacial score (nSPS) is 3.60. The predicted octanol–water partition coefficient (Wildman–Crippen LogP) is 1.62. The fraction of sp³-hybridized carbons (Fsp3) is 1.00. The van der Waals surface area contributed by atoms with Gasteiger partial charge >= 0.3 is 0 Å². The summed E-state index contributed by atoms with van der Waals surface area (Å²) in [4.78, 5) is 0. The molecule has 0 aliphatic rings. The van der Waals surface area contributed by atoms with Crippen molar-refractivity contribution in [3.63, 3.8) is 0 Å². The van der Waals surface area contributed by atoms with Crippen molar-refractivity contribution in [2.75, 3.05) is 5.34 Å². The van der Waals surface area contributed by atoms with Gasteiger partial charge in [-0.3, -0.25) is 0 Å². The zero-order valence-corrected chi connectivity index (χ0v) is 5.67. The van der Waals surface area contributed by atoms with Crippen molar-refractivity contribution in [1.82, 2.24) is 0 Å². The zero-order chi connectivity index (χ0) is 2.71. The molecule has 0 fully saturated rings. The first kappa shape index (κ1) is 16.5. The van der Waals surface area contributed by atoms with Crippen molar-refractivity contribution in [3.05, 3.63) is 0 Å². The van der Waals surface area contributed by atoms with Crippen LogP contribution in [0.5, 0.6) is 0 Å². The monoisotopic (exact) mass is 175 g/mol. The quantitative estimate of drug-likeness (QED) is 0.389. The molecule has 0 aliphatic carbocycles. The minimum absolute atomic E-state index is 0. The highest BCUT2D eigenvalue weighted by atomic mass is 79.9. The zero-order valence-electron chi connectivity index (χ0n) is 2.45. The summed E-state index contributed by atoms with van der Waals surface area (Å²) in [7, 11) is 0. The third kappa shape index (κ3) is 39.5. The molecular formula is CH3BBrCl2. The molecule has 0 saturated heterocycles. The van der Waals surface area contributed by atoms with Gasteiger partial charge in [-0.15, -0.1) is 40.2 Å². The highest BCUT2D eigenvalue weighted by molar-refractivity contribution is 8.93. The molecule has 0 aromatic heterocycles. The van der Waals surface area contributed by atoms with E-state index in [0.29, 0.717) is 0 Å². The van der Waals surface area contributed by atoms with Crippen molar-refractivity contribution in [2.45, 2.75) is 0 Å². The first-order valence-electron chi connectivity index (χ1n) is 0.535. The molecule has 0 rings (SSSR count). The Labute approximate surface area is 54.2 Å². The molecule has 3 radical (unpaired) electrons. The highest BCUT2D eigenvalue weighted by Crippen LogP contribution is 1.73. The van der Waals surface area contributed by atoms with Gasteiger partial charge in [-0.2, -0.15) is 0 Å². The maximum atomic E-state index is 4.76. The van der Waals surface area contributed by atoms with Crippen LogP contribution in [0.25, 0.3) is 0 Å². The Balaban J connectivity index is -0.0000000200. The van der Waals surface area contributed by atoms with Crippen molar-refractivity contribution in [3.8, 4) is 0 Å². The fourth-order valence-corrected chi connectivity index (χ4v) is 0. The summed E-state index contributed by atoms with van der Waals surface area (Å²) < 4.78 is 0. The van der Waals surface area contributed by atoms with Crippen LogP contribution in [0.4, 0.5) is 0 Å². The second-order valence-electron chi connectivity index (χ2n) is 0.101. The molecule has 0 aromatic carbocycles. The third-order valence-corrected chi connectivity index (χ3v) is 0. The lowest BCUT2D eigenvalue weighted by Crippen LogP contribution is -1.24. The van der Waals surface area contributed by atoms with E-state index in [4.69, 9.17) is 23.2 Å². The Morgan fingerprint density at radius 2 is 1.20 bits per heavy atom. The number of hydrogen-bond acceptors (Lipinski definition) is 0. The Hall–Kier alpha value is 1.12. The van der Waals surface area contributed by atoms with Gasteiger partial charge in [0.05, 0.1) is 5.34 Å². The summed E-state index contributed by atoms with van der Waals surface area (Å²) in [6, 6.07) is 0. The van der Waals surface area contributed by atoms with Gasteiger partial charge in [0.2, 0.25) is 0 Å². The molecule has 5 heavy (non-hydrogen) atoms. The van der Waals surface area contributed by atoms with Crippen LogP contribution in [-0.4, -0.2) is 13.8 Å². The Bertz CT molecular complexity index is 9.61.